The third-order valence-corrected chi connectivity index (χ3v) is 6.12. The number of thiazole rings is 1. The molecular weight excluding hydrogens is 451 g/mol. The van der Waals surface area contributed by atoms with Crippen molar-refractivity contribution >= 4 is 33.8 Å². The molecule has 1 N–H and O–H groups in total. The van der Waals surface area contributed by atoms with E-state index in [9.17, 15) is 9.18 Å². The van der Waals surface area contributed by atoms with Gasteiger partial charge in [-0.3, -0.25) is 4.79 Å². The van der Waals surface area contributed by atoms with Gasteiger partial charge in [0.1, 0.15) is 17.4 Å². The Kier molecular flexibility index (Phi) is 5.81. The highest BCUT2D eigenvalue weighted by atomic mass is 32.1. The largest absolute Gasteiger partial charge is 0.493 e. The molecule has 5 rings (SSSR count). The van der Waals surface area contributed by atoms with E-state index in [0.29, 0.717) is 34.6 Å². The number of halogens is 1. The number of amides is 1. The van der Waals surface area contributed by atoms with Crippen LogP contribution in [0.3, 0.4) is 0 Å². The maximum Gasteiger partial charge on any atom is 0.261 e. The Balaban J connectivity index is 1.50. The van der Waals surface area contributed by atoms with Crippen molar-refractivity contribution in [1.82, 2.24) is 14.8 Å². The van der Waals surface area contributed by atoms with Crippen LogP contribution in [-0.2, 0) is 0 Å². The SMILES string of the molecule is CCOc1ccc2ccccc2c1C(=O)Nc1cc(C)nn1-c1nc(-c2ccc(F)cc2)cs1. The molecule has 1 amide bonds. The Morgan fingerprint density at radius 1 is 1.12 bits per heavy atom. The van der Waals surface area contributed by atoms with Gasteiger partial charge in [-0.2, -0.15) is 9.78 Å². The summed E-state index contributed by atoms with van der Waals surface area (Å²) < 4.78 is 20.7. The van der Waals surface area contributed by atoms with Crippen molar-refractivity contribution in [2.45, 2.75) is 13.8 Å². The summed E-state index contributed by atoms with van der Waals surface area (Å²) in [5, 5.41) is 11.7. The second-order valence-electron chi connectivity index (χ2n) is 7.65. The molecule has 8 heteroatoms. The second kappa shape index (κ2) is 9.07. The molecule has 6 nitrogen and oxygen atoms in total. The van der Waals surface area contributed by atoms with Crippen LogP contribution in [0.25, 0.3) is 27.2 Å². The van der Waals surface area contributed by atoms with Crippen molar-refractivity contribution in [2.24, 2.45) is 0 Å². The molecule has 0 unspecified atom stereocenters. The molecule has 0 aliphatic heterocycles. The maximum absolute atomic E-state index is 13.5. The molecule has 5 aromatic rings. The summed E-state index contributed by atoms with van der Waals surface area (Å²) in [6, 6.07) is 19.4. The van der Waals surface area contributed by atoms with E-state index in [1.807, 2.05) is 55.6 Å². The van der Waals surface area contributed by atoms with Gasteiger partial charge in [-0.1, -0.05) is 30.3 Å². The minimum absolute atomic E-state index is 0.295. The summed E-state index contributed by atoms with van der Waals surface area (Å²) in [5.74, 6) is 0.427. The van der Waals surface area contributed by atoms with E-state index in [1.54, 1.807) is 22.9 Å². The van der Waals surface area contributed by atoms with E-state index in [-0.39, 0.29) is 11.7 Å². The van der Waals surface area contributed by atoms with E-state index in [4.69, 9.17) is 4.74 Å². The predicted octanol–water partition coefficient (Wildman–Crippen LogP) is 6.25. The molecule has 0 bridgehead atoms. The van der Waals surface area contributed by atoms with Crippen LogP contribution in [0.15, 0.2) is 72.1 Å². The summed E-state index contributed by atoms with van der Waals surface area (Å²) in [5.41, 5.74) is 2.71. The molecule has 0 saturated heterocycles. The summed E-state index contributed by atoms with van der Waals surface area (Å²) in [7, 11) is 0. The van der Waals surface area contributed by atoms with Crippen LogP contribution in [0.5, 0.6) is 5.75 Å². The summed E-state index contributed by atoms with van der Waals surface area (Å²) >= 11 is 1.39. The first-order chi connectivity index (χ1) is 16.5. The second-order valence-corrected chi connectivity index (χ2v) is 8.49. The molecule has 0 fully saturated rings. The molecule has 3 aromatic carbocycles. The van der Waals surface area contributed by atoms with Gasteiger partial charge < -0.3 is 10.1 Å². The number of ether oxygens (including phenoxy) is 1. The number of aryl methyl sites for hydroxylation is 1. The topological polar surface area (TPSA) is 69.0 Å². The first-order valence-electron chi connectivity index (χ1n) is 10.8. The van der Waals surface area contributed by atoms with E-state index < -0.39 is 0 Å². The number of nitrogens with zero attached hydrogens (tertiary/aromatic N) is 3. The number of carbonyl (C=O) groups excluding carboxylic acids is 1. The number of hydrogen-bond donors (Lipinski definition) is 1. The molecule has 2 heterocycles. The fraction of sp³-hybridized carbons (Fsp3) is 0.115. The highest BCUT2D eigenvalue weighted by molar-refractivity contribution is 7.12. The molecule has 34 heavy (non-hydrogen) atoms. The van der Waals surface area contributed by atoms with E-state index in [2.05, 4.69) is 15.4 Å². The molecule has 2 aromatic heterocycles. The fourth-order valence-corrected chi connectivity index (χ4v) is 4.59. The van der Waals surface area contributed by atoms with Gasteiger partial charge in [-0.05, 0) is 55.0 Å². The third kappa shape index (κ3) is 4.15. The predicted molar refractivity (Wildman–Crippen MR) is 132 cm³/mol. The number of hydrogen-bond acceptors (Lipinski definition) is 5. The lowest BCUT2D eigenvalue weighted by atomic mass is 10.0. The summed E-state index contributed by atoms with van der Waals surface area (Å²) in [6.07, 6.45) is 0. The van der Waals surface area contributed by atoms with Crippen LogP contribution in [0, 0.1) is 12.7 Å². The van der Waals surface area contributed by atoms with Crippen molar-refractivity contribution in [3.63, 3.8) is 0 Å². The van der Waals surface area contributed by atoms with Crippen molar-refractivity contribution < 1.29 is 13.9 Å². The maximum atomic E-state index is 13.5. The Labute approximate surface area is 199 Å². The Hall–Kier alpha value is -4.04. The van der Waals surface area contributed by atoms with Gasteiger partial charge in [0.05, 0.1) is 23.6 Å². The lowest BCUT2D eigenvalue weighted by Crippen LogP contribution is -2.17. The van der Waals surface area contributed by atoms with Gasteiger partial charge in [0.2, 0.25) is 5.13 Å². The summed E-state index contributed by atoms with van der Waals surface area (Å²) in [6.45, 7) is 4.18. The van der Waals surface area contributed by atoms with Gasteiger partial charge in [-0.25, -0.2) is 9.37 Å². The number of anilines is 1. The normalized spacial score (nSPS) is 11.0. The van der Waals surface area contributed by atoms with E-state index >= 15 is 0 Å². The molecule has 0 aliphatic rings. The third-order valence-electron chi connectivity index (χ3n) is 5.30. The van der Waals surface area contributed by atoms with Gasteiger partial charge in [0, 0.05) is 17.0 Å². The Morgan fingerprint density at radius 2 is 1.91 bits per heavy atom. The zero-order chi connectivity index (χ0) is 23.7. The van der Waals surface area contributed by atoms with Crippen LogP contribution in [0.1, 0.15) is 23.0 Å². The molecule has 0 saturated carbocycles. The quantitative estimate of drug-likeness (QED) is 0.317. The van der Waals surface area contributed by atoms with Crippen LogP contribution >= 0.6 is 11.3 Å². The van der Waals surface area contributed by atoms with Gasteiger partial charge >= 0.3 is 0 Å². The zero-order valence-corrected chi connectivity index (χ0v) is 19.4. The summed E-state index contributed by atoms with van der Waals surface area (Å²) in [4.78, 5) is 18.1. The highest BCUT2D eigenvalue weighted by Gasteiger charge is 2.20. The first kappa shape index (κ1) is 21.8. The molecule has 170 valence electrons. The number of fused-ring (bicyclic) bond motifs is 1. The number of aromatic nitrogens is 3. The van der Waals surface area contributed by atoms with Crippen LogP contribution in [-0.4, -0.2) is 27.3 Å². The average Bonchev–Trinajstić information content (AvgIpc) is 3.46. The number of nitrogens with one attached hydrogen (secondary N) is 1. The lowest BCUT2D eigenvalue weighted by Gasteiger charge is -2.14. The number of carbonyl (C=O) groups is 1. The minimum atomic E-state index is -0.299. The Bertz CT molecular complexity index is 1490. The lowest BCUT2D eigenvalue weighted by molar-refractivity contribution is 0.102. The molecule has 0 spiro atoms. The molecule has 0 atom stereocenters. The smallest absolute Gasteiger partial charge is 0.261 e. The number of rotatable bonds is 6. The van der Waals surface area contributed by atoms with Crippen molar-refractivity contribution in [1.29, 1.82) is 0 Å². The number of benzene rings is 3. The van der Waals surface area contributed by atoms with Crippen molar-refractivity contribution in [3.8, 4) is 22.1 Å². The van der Waals surface area contributed by atoms with Crippen molar-refractivity contribution in [3.05, 3.63) is 89.2 Å². The van der Waals surface area contributed by atoms with Crippen molar-refractivity contribution in [2.75, 3.05) is 11.9 Å². The van der Waals surface area contributed by atoms with Crippen LogP contribution in [0.4, 0.5) is 10.2 Å². The molecule has 0 aliphatic carbocycles. The molecule has 0 radical (unpaired) electrons. The van der Waals surface area contributed by atoms with Gasteiger partial charge in [-0.15, -0.1) is 11.3 Å². The van der Waals surface area contributed by atoms with E-state index in [0.717, 1.165) is 22.0 Å². The van der Waals surface area contributed by atoms with Crippen LogP contribution in [0.2, 0.25) is 0 Å². The Morgan fingerprint density at radius 3 is 2.71 bits per heavy atom. The highest BCUT2D eigenvalue weighted by Crippen LogP contribution is 2.31. The molecular formula is C26H21FN4O2S. The average molecular weight is 473 g/mol. The van der Waals surface area contributed by atoms with Gasteiger partial charge in [0.15, 0.2) is 0 Å². The zero-order valence-electron chi connectivity index (χ0n) is 18.6. The fourth-order valence-electron chi connectivity index (χ4n) is 3.79. The standard InChI is InChI=1S/C26H21FN4O2S/c1-3-33-22-13-10-17-6-4-5-7-20(17)24(22)25(32)29-23-14-16(2)30-31(23)26-28-21(15-34-26)18-8-11-19(27)12-9-18/h4-15H,3H2,1-2H3,(H,29,32). The monoisotopic (exact) mass is 472 g/mol. The van der Waals surface area contributed by atoms with Crippen LogP contribution < -0.4 is 10.1 Å². The van der Waals surface area contributed by atoms with Gasteiger partial charge in [0.25, 0.3) is 5.91 Å². The minimum Gasteiger partial charge on any atom is -0.493 e. The van der Waals surface area contributed by atoms with E-state index in [1.165, 1.54) is 23.5 Å². The first-order valence-corrected chi connectivity index (χ1v) is 11.7.